The minimum absolute atomic E-state index is 0.0458. The van der Waals surface area contributed by atoms with Crippen LogP contribution >= 0.6 is 0 Å². The Kier molecular flexibility index (Phi) is 3.89. The van der Waals surface area contributed by atoms with Crippen molar-refractivity contribution in [3.05, 3.63) is 0 Å². The lowest BCUT2D eigenvalue weighted by molar-refractivity contribution is -0.139. The van der Waals surface area contributed by atoms with Crippen molar-refractivity contribution in [2.75, 3.05) is 13.1 Å². The molecule has 0 atom stereocenters. The predicted octanol–water partition coefficient (Wildman–Crippen LogP) is 1.61. The Bertz CT molecular complexity index is 288. The normalized spacial score (nSPS) is 19.8. The summed E-state index contributed by atoms with van der Waals surface area (Å²) in [4.78, 5) is 10.9. The van der Waals surface area contributed by atoms with Crippen molar-refractivity contribution in [2.24, 2.45) is 5.41 Å². The molecule has 4 nitrogen and oxygen atoms in total. The summed E-state index contributed by atoms with van der Waals surface area (Å²) >= 11 is 0. The molecule has 100 valence electrons. The van der Waals surface area contributed by atoms with E-state index in [1.165, 1.54) is 0 Å². The molecule has 1 aliphatic rings. The van der Waals surface area contributed by atoms with Gasteiger partial charge >= 0.3 is 5.97 Å². The average molecular weight is 242 g/mol. The van der Waals surface area contributed by atoms with Crippen molar-refractivity contribution in [3.63, 3.8) is 0 Å². The first-order valence-electron chi connectivity index (χ1n) is 6.26. The van der Waals surface area contributed by atoms with Gasteiger partial charge in [-0.05, 0) is 25.7 Å². The Balaban J connectivity index is 2.64. The summed E-state index contributed by atoms with van der Waals surface area (Å²) in [6.45, 7) is 12.4. The molecular formula is C13H26N2O2. The summed E-state index contributed by atoms with van der Waals surface area (Å²) in [5.41, 5.74) is -0.0749. The van der Waals surface area contributed by atoms with Crippen LogP contribution in [0.2, 0.25) is 0 Å². The number of rotatable bonds is 5. The molecule has 1 heterocycles. The van der Waals surface area contributed by atoms with Crippen molar-refractivity contribution >= 4 is 5.97 Å². The second kappa shape index (κ2) is 4.58. The summed E-state index contributed by atoms with van der Waals surface area (Å²) in [5, 5.41) is 15.7. The van der Waals surface area contributed by atoms with E-state index in [2.05, 4.69) is 45.3 Å². The maximum absolute atomic E-state index is 10.9. The third-order valence-electron chi connectivity index (χ3n) is 2.99. The standard InChI is InChI=1S/C13H26N2O2/c1-11(2,3)7-12(4,5)15-13(6-10(16)17)8-14-9-13/h14-15H,6-9H2,1-5H3,(H,16,17). The summed E-state index contributed by atoms with van der Waals surface area (Å²) in [6.07, 6.45) is 1.20. The van der Waals surface area contributed by atoms with Crippen LogP contribution in [0, 0.1) is 5.41 Å². The van der Waals surface area contributed by atoms with Gasteiger partial charge in [0.15, 0.2) is 0 Å². The van der Waals surface area contributed by atoms with E-state index < -0.39 is 5.97 Å². The van der Waals surface area contributed by atoms with Crippen LogP contribution in [-0.4, -0.2) is 35.2 Å². The molecule has 1 rings (SSSR count). The van der Waals surface area contributed by atoms with Gasteiger partial charge in [0.25, 0.3) is 0 Å². The SMILES string of the molecule is CC(C)(C)CC(C)(C)NC1(CC(=O)O)CNC1. The highest BCUT2D eigenvalue weighted by molar-refractivity contribution is 5.69. The van der Waals surface area contributed by atoms with E-state index in [1.54, 1.807) is 0 Å². The van der Waals surface area contributed by atoms with E-state index in [-0.39, 0.29) is 22.9 Å². The van der Waals surface area contributed by atoms with Gasteiger partial charge in [-0.3, -0.25) is 4.79 Å². The van der Waals surface area contributed by atoms with E-state index in [9.17, 15) is 4.79 Å². The van der Waals surface area contributed by atoms with Crippen LogP contribution in [0.5, 0.6) is 0 Å². The van der Waals surface area contributed by atoms with Crippen LogP contribution in [0.15, 0.2) is 0 Å². The van der Waals surface area contributed by atoms with Crippen molar-refractivity contribution in [3.8, 4) is 0 Å². The van der Waals surface area contributed by atoms with E-state index in [0.717, 1.165) is 19.5 Å². The molecule has 3 N–H and O–H groups in total. The maximum Gasteiger partial charge on any atom is 0.305 e. The van der Waals surface area contributed by atoms with Crippen LogP contribution in [0.3, 0.4) is 0 Å². The molecule has 4 heteroatoms. The Morgan fingerprint density at radius 1 is 1.29 bits per heavy atom. The number of hydrogen-bond donors (Lipinski definition) is 3. The highest BCUT2D eigenvalue weighted by Gasteiger charge is 2.43. The molecule has 0 amide bonds. The highest BCUT2D eigenvalue weighted by atomic mass is 16.4. The van der Waals surface area contributed by atoms with E-state index in [4.69, 9.17) is 5.11 Å². The first-order chi connectivity index (χ1) is 7.54. The van der Waals surface area contributed by atoms with Crippen molar-refractivity contribution < 1.29 is 9.90 Å². The van der Waals surface area contributed by atoms with Gasteiger partial charge in [0.1, 0.15) is 0 Å². The van der Waals surface area contributed by atoms with E-state index in [1.807, 2.05) is 0 Å². The molecule has 0 radical (unpaired) electrons. The van der Waals surface area contributed by atoms with Crippen LogP contribution < -0.4 is 10.6 Å². The Labute approximate surface area is 104 Å². The Morgan fingerprint density at radius 3 is 2.12 bits per heavy atom. The molecule has 0 aromatic heterocycles. The van der Waals surface area contributed by atoms with Gasteiger partial charge in [-0.2, -0.15) is 0 Å². The number of carbonyl (C=O) groups is 1. The molecular weight excluding hydrogens is 216 g/mol. The lowest BCUT2D eigenvalue weighted by atomic mass is 9.78. The van der Waals surface area contributed by atoms with Gasteiger partial charge in [-0.25, -0.2) is 0 Å². The van der Waals surface area contributed by atoms with Gasteiger partial charge < -0.3 is 15.7 Å². The van der Waals surface area contributed by atoms with Gasteiger partial charge in [0.05, 0.1) is 12.0 Å². The monoisotopic (exact) mass is 242 g/mol. The van der Waals surface area contributed by atoms with Gasteiger partial charge in [0, 0.05) is 18.6 Å². The maximum atomic E-state index is 10.9. The predicted molar refractivity (Wildman–Crippen MR) is 69.1 cm³/mol. The molecule has 0 spiro atoms. The first-order valence-corrected chi connectivity index (χ1v) is 6.26. The zero-order valence-electron chi connectivity index (χ0n) is 11.7. The molecule has 0 aliphatic carbocycles. The van der Waals surface area contributed by atoms with Crippen LogP contribution in [0.25, 0.3) is 0 Å². The third kappa shape index (κ3) is 4.64. The van der Waals surface area contributed by atoms with Crippen molar-refractivity contribution in [1.29, 1.82) is 0 Å². The van der Waals surface area contributed by atoms with Crippen LogP contribution in [-0.2, 0) is 4.79 Å². The van der Waals surface area contributed by atoms with E-state index >= 15 is 0 Å². The quantitative estimate of drug-likeness (QED) is 0.685. The largest absolute Gasteiger partial charge is 0.481 e. The van der Waals surface area contributed by atoms with Crippen LogP contribution in [0.4, 0.5) is 0 Å². The average Bonchev–Trinajstić information content (AvgIpc) is 1.93. The van der Waals surface area contributed by atoms with Gasteiger partial charge in [0.2, 0.25) is 0 Å². The molecule has 1 aliphatic heterocycles. The zero-order valence-corrected chi connectivity index (χ0v) is 11.7. The summed E-state index contributed by atoms with van der Waals surface area (Å²) in [5.74, 6) is -0.731. The molecule has 0 aromatic carbocycles. The number of hydrogen-bond acceptors (Lipinski definition) is 3. The third-order valence-corrected chi connectivity index (χ3v) is 2.99. The number of aliphatic carboxylic acids is 1. The topological polar surface area (TPSA) is 61.4 Å². The zero-order chi connectivity index (χ0) is 13.3. The fourth-order valence-electron chi connectivity index (χ4n) is 3.06. The number of carboxylic acid groups (broad SMARTS) is 1. The second-order valence-corrected chi connectivity index (χ2v) is 7.20. The molecule has 1 fully saturated rings. The fourth-order valence-corrected chi connectivity index (χ4v) is 3.06. The second-order valence-electron chi connectivity index (χ2n) is 7.20. The lowest BCUT2D eigenvalue weighted by Crippen LogP contribution is -2.72. The number of nitrogens with one attached hydrogen (secondary N) is 2. The van der Waals surface area contributed by atoms with E-state index in [0.29, 0.717) is 0 Å². The summed E-state index contributed by atoms with van der Waals surface area (Å²) in [6, 6.07) is 0. The fraction of sp³-hybridized carbons (Fsp3) is 0.923. The van der Waals surface area contributed by atoms with Crippen molar-refractivity contribution in [1.82, 2.24) is 10.6 Å². The molecule has 1 saturated heterocycles. The number of carboxylic acids is 1. The van der Waals surface area contributed by atoms with Gasteiger partial charge in [-0.15, -0.1) is 0 Å². The first kappa shape index (κ1) is 14.5. The molecule has 17 heavy (non-hydrogen) atoms. The van der Waals surface area contributed by atoms with Crippen LogP contribution in [0.1, 0.15) is 47.5 Å². The highest BCUT2D eigenvalue weighted by Crippen LogP contribution is 2.30. The van der Waals surface area contributed by atoms with Crippen molar-refractivity contribution in [2.45, 2.75) is 58.5 Å². The molecule has 0 aromatic rings. The minimum atomic E-state index is -0.731. The molecule has 0 unspecified atom stereocenters. The Hall–Kier alpha value is -0.610. The lowest BCUT2D eigenvalue weighted by Gasteiger charge is -2.49. The summed E-state index contributed by atoms with van der Waals surface area (Å²) < 4.78 is 0. The minimum Gasteiger partial charge on any atom is -0.481 e. The smallest absolute Gasteiger partial charge is 0.305 e. The summed E-state index contributed by atoms with van der Waals surface area (Å²) in [7, 11) is 0. The molecule has 0 saturated carbocycles. The molecule has 0 bridgehead atoms. The van der Waals surface area contributed by atoms with Gasteiger partial charge in [-0.1, -0.05) is 20.8 Å². The Morgan fingerprint density at radius 2 is 1.82 bits per heavy atom.